The molecule has 2 nitrogen and oxygen atoms in total. The van der Waals surface area contributed by atoms with E-state index in [1.807, 2.05) is 13.0 Å². The average molecular weight is 236 g/mol. The van der Waals surface area contributed by atoms with E-state index >= 15 is 0 Å². The van der Waals surface area contributed by atoms with Crippen LogP contribution in [0.25, 0.3) is 0 Å². The molecule has 1 unspecified atom stereocenters. The van der Waals surface area contributed by atoms with Crippen LogP contribution in [0, 0.1) is 11.7 Å². The highest BCUT2D eigenvalue weighted by atomic mass is 19.1. The Labute approximate surface area is 100 Å². The number of rotatable bonds is 5. The van der Waals surface area contributed by atoms with Crippen molar-refractivity contribution >= 4 is 5.97 Å². The fourth-order valence-corrected chi connectivity index (χ4v) is 2.34. The van der Waals surface area contributed by atoms with Crippen molar-refractivity contribution in [3.05, 3.63) is 35.1 Å². The largest absolute Gasteiger partial charge is 0.481 e. The molecule has 92 valence electrons. The second-order valence-electron chi connectivity index (χ2n) is 4.75. The highest BCUT2D eigenvalue weighted by Gasteiger charge is 2.33. The van der Waals surface area contributed by atoms with Gasteiger partial charge in [-0.05, 0) is 48.3 Å². The Morgan fingerprint density at radius 2 is 2.24 bits per heavy atom. The van der Waals surface area contributed by atoms with Crippen LogP contribution in [0.2, 0.25) is 0 Å². The molecule has 2 rings (SSSR count). The third-order valence-corrected chi connectivity index (χ3v) is 3.46. The minimum Gasteiger partial charge on any atom is -0.481 e. The summed E-state index contributed by atoms with van der Waals surface area (Å²) in [6, 6.07) is 5.03. The Balaban J connectivity index is 2.25. The topological polar surface area (TPSA) is 37.3 Å². The summed E-state index contributed by atoms with van der Waals surface area (Å²) < 4.78 is 13.4. The van der Waals surface area contributed by atoms with E-state index in [0.717, 1.165) is 18.4 Å². The predicted octanol–water partition coefficient (Wildman–Crippen LogP) is 3.36. The predicted molar refractivity (Wildman–Crippen MR) is 63.5 cm³/mol. The molecule has 0 heterocycles. The van der Waals surface area contributed by atoms with Gasteiger partial charge >= 0.3 is 5.97 Å². The van der Waals surface area contributed by atoms with Crippen molar-refractivity contribution in [3.8, 4) is 0 Å². The summed E-state index contributed by atoms with van der Waals surface area (Å²) >= 11 is 0. The molecular formula is C14H17FO2. The zero-order valence-electron chi connectivity index (χ0n) is 9.95. The van der Waals surface area contributed by atoms with Gasteiger partial charge in [-0.25, -0.2) is 4.39 Å². The van der Waals surface area contributed by atoms with Crippen molar-refractivity contribution in [1.29, 1.82) is 0 Å². The summed E-state index contributed by atoms with van der Waals surface area (Å²) in [6.07, 6.45) is 2.98. The Hall–Kier alpha value is -1.38. The van der Waals surface area contributed by atoms with Crippen molar-refractivity contribution in [3.63, 3.8) is 0 Å². The first-order chi connectivity index (χ1) is 8.11. The van der Waals surface area contributed by atoms with Gasteiger partial charge in [0, 0.05) is 0 Å². The third-order valence-electron chi connectivity index (χ3n) is 3.46. The maximum atomic E-state index is 13.4. The monoisotopic (exact) mass is 236 g/mol. The van der Waals surface area contributed by atoms with Crippen molar-refractivity contribution < 1.29 is 14.3 Å². The second kappa shape index (κ2) is 4.86. The number of carboxylic acid groups (broad SMARTS) is 1. The molecule has 1 atom stereocenters. The number of hydrogen-bond acceptors (Lipinski definition) is 1. The van der Waals surface area contributed by atoms with Gasteiger partial charge in [0.15, 0.2) is 0 Å². The van der Waals surface area contributed by atoms with Crippen molar-refractivity contribution in [1.82, 2.24) is 0 Å². The maximum Gasteiger partial charge on any atom is 0.303 e. The molecule has 1 N–H and O–H groups in total. The van der Waals surface area contributed by atoms with Crippen LogP contribution in [0.1, 0.15) is 43.2 Å². The molecule has 1 aromatic rings. The van der Waals surface area contributed by atoms with Crippen LogP contribution < -0.4 is 0 Å². The zero-order valence-corrected chi connectivity index (χ0v) is 9.95. The molecular weight excluding hydrogens is 219 g/mol. The first-order valence-corrected chi connectivity index (χ1v) is 6.12. The van der Waals surface area contributed by atoms with Crippen molar-refractivity contribution in [2.24, 2.45) is 5.92 Å². The van der Waals surface area contributed by atoms with Gasteiger partial charge in [-0.1, -0.05) is 19.1 Å². The molecule has 0 saturated heterocycles. The molecule has 0 radical (unpaired) electrons. The number of hydrogen-bond donors (Lipinski definition) is 1. The van der Waals surface area contributed by atoms with Gasteiger partial charge in [-0.2, -0.15) is 0 Å². The summed E-state index contributed by atoms with van der Waals surface area (Å²) in [5.41, 5.74) is 1.66. The lowest BCUT2D eigenvalue weighted by molar-refractivity contribution is -0.137. The zero-order chi connectivity index (χ0) is 12.4. The summed E-state index contributed by atoms with van der Waals surface area (Å²) in [6.45, 7) is 1.91. The fraction of sp³-hybridized carbons (Fsp3) is 0.500. The molecule has 1 aromatic carbocycles. The molecule has 3 heteroatoms. The van der Waals surface area contributed by atoms with Gasteiger partial charge < -0.3 is 5.11 Å². The van der Waals surface area contributed by atoms with Crippen LogP contribution in [0.3, 0.4) is 0 Å². The minimum atomic E-state index is -0.774. The van der Waals surface area contributed by atoms with Gasteiger partial charge in [-0.15, -0.1) is 0 Å². The molecule has 1 saturated carbocycles. The average Bonchev–Trinajstić information content (AvgIpc) is 3.10. The first kappa shape index (κ1) is 12.1. The summed E-state index contributed by atoms with van der Waals surface area (Å²) in [5.74, 6) is -0.440. The highest BCUT2D eigenvalue weighted by Crippen LogP contribution is 2.44. The van der Waals surface area contributed by atoms with Crippen molar-refractivity contribution in [2.45, 2.75) is 38.5 Å². The van der Waals surface area contributed by atoms with Gasteiger partial charge in [0.05, 0.1) is 6.42 Å². The van der Waals surface area contributed by atoms with Crippen LogP contribution in [0.4, 0.5) is 4.39 Å². The Bertz CT molecular complexity index is 424. The number of benzene rings is 1. The van der Waals surface area contributed by atoms with E-state index in [4.69, 9.17) is 5.11 Å². The van der Waals surface area contributed by atoms with E-state index < -0.39 is 5.97 Å². The van der Waals surface area contributed by atoms with Gasteiger partial charge in [-0.3, -0.25) is 4.79 Å². The summed E-state index contributed by atoms with van der Waals surface area (Å²) in [5, 5.41) is 8.93. The first-order valence-electron chi connectivity index (χ1n) is 6.12. The molecule has 1 aliphatic rings. The Kier molecular flexibility index (Phi) is 3.46. The van der Waals surface area contributed by atoms with Crippen LogP contribution in [0.15, 0.2) is 18.2 Å². The van der Waals surface area contributed by atoms with Gasteiger partial charge in [0.1, 0.15) is 5.82 Å². The lowest BCUT2D eigenvalue weighted by Crippen LogP contribution is -2.09. The Morgan fingerprint density at radius 3 is 2.76 bits per heavy atom. The highest BCUT2D eigenvalue weighted by molar-refractivity contribution is 5.68. The summed E-state index contributed by atoms with van der Waals surface area (Å²) in [4.78, 5) is 10.9. The fourth-order valence-electron chi connectivity index (χ4n) is 2.34. The van der Waals surface area contributed by atoms with E-state index in [-0.39, 0.29) is 18.2 Å². The number of aliphatic carboxylic acids is 1. The molecule has 0 amide bonds. The van der Waals surface area contributed by atoms with E-state index in [1.54, 1.807) is 6.07 Å². The van der Waals surface area contributed by atoms with Crippen LogP contribution in [-0.2, 0) is 11.2 Å². The second-order valence-corrected chi connectivity index (χ2v) is 4.75. The number of halogens is 1. The normalized spacial score (nSPS) is 16.8. The Morgan fingerprint density at radius 1 is 1.53 bits per heavy atom. The molecule has 0 aromatic heterocycles. The molecule has 1 aliphatic carbocycles. The molecule has 0 spiro atoms. The SMILES string of the molecule is CCc1cc(C(CC(=O)O)C2CC2)ccc1F. The van der Waals surface area contributed by atoms with Crippen molar-refractivity contribution in [2.75, 3.05) is 0 Å². The number of carboxylic acids is 1. The molecule has 17 heavy (non-hydrogen) atoms. The van der Waals surface area contributed by atoms with E-state index in [2.05, 4.69) is 0 Å². The van der Waals surface area contributed by atoms with E-state index in [1.165, 1.54) is 6.07 Å². The van der Waals surface area contributed by atoms with Gasteiger partial charge in [0.25, 0.3) is 0 Å². The van der Waals surface area contributed by atoms with Gasteiger partial charge in [0.2, 0.25) is 0 Å². The number of carbonyl (C=O) groups is 1. The van der Waals surface area contributed by atoms with Crippen LogP contribution >= 0.6 is 0 Å². The lowest BCUT2D eigenvalue weighted by atomic mass is 9.89. The standard InChI is InChI=1S/C14H17FO2/c1-2-9-7-11(5-6-13(9)15)12(8-14(16)17)10-3-4-10/h5-7,10,12H,2-4,8H2,1H3,(H,16,17). The smallest absolute Gasteiger partial charge is 0.303 e. The third kappa shape index (κ3) is 2.84. The molecule has 0 aliphatic heterocycles. The minimum absolute atomic E-state index is 0.0541. The lowest BCUT2D eigenvalue weighted by Gasteiger charge is -2.15. The molecule has 1 fully saturated rings. The quantitative estimate of drug-likeness (QED) is 0.851. The maximum absolute atomic E-state index is 13.4. The van der Waals surface area contributed by atoms with E-state index in [9.17, 15) is 9.18 Å². The van der Waals surface area contributed by atoms with Crippen LogP contribution in [0.5, 0.6) is 0 Å². The molecule has 0 bridgehead atoms. The van der Waals surface area contributed by atoms with E-state index in [0.29, 0.717) is 17.9 Å². The van der Waals surface area contributed by atoms with Crippen LogP contribution in [-0.4, -0.2) is 11.1 Å². The number of aryl methyl sites for hydroxylation is 1. The summed E-state index contributed by atoms with van der Waals surface area (Å²) in [7, 11) is 0.